The van der Waals surface area contributed by atoms with Crippen LogP contribution in [0.4, 0.5) is 5.69 Å². The van der Waals surface area contributed by atoms with Crippen LogP contribution >= 0.6 is 0 Å². The highest BCUT2D eigenvalue weighted by Crippen LogP contribution is 2.22. The summed E-state index contributed by atoms with van der Waals surface area (Å²) in [7, 11) is 0. The number of morpholine rings is 1. The van der Waals surface area contributed by atoms with Crippen LogP contribution in [0.5, 0.6) is 5.75 Å². The second-order valence-electron chi connectivity index (χ2n) is 6.77. The van der Waals surface area contributed by atoms with E-state index >= 15 is 0 Å². The molecule has 0 radical (unpaired) electrons. The Morgan fingerprint density at radius 2 is 1.97 bits per heavy atom. The molecule has 2 aliphatic heterocycles. The maximum absolute atomic E-state index is 12.7. The SMILES string of the molecule is C=C1OCCn2c1nc(C(=O)NCc1ccccc1N1CCOCC1)c(O)c2=O. The molecule has 9 heteroatoms. The first-order valence-corrected chi connectivity index (χ1v) is 9.41. The van der Waals surface area contributed by atoms with Crippen LogP contribution in [0.3, 0.4) is 0 Å². The van der Waals surface area contributed by atoms with E-state index in [1.165, 1.54) is 4.57 Å². The van der Waals surface area contributed by atoms with Gasteiger partial charge in [-0.1, -0.05) is 24.8 Å². The lowest BCUT2D eigenvalue weighted by molar-refractivity contribution is 0.0941. The van der Waals surface area contributed by atoms with Gasteiger partial charge in [-0.15, -0.1) is 0 Å². The summed E-state index contributed by atoms with van der Waals surface area (Å²) < 4.78 is 12.0. The number of ether oxygens (including phenoxy) is 2. The predicted molar refractivity (Wildman–Crippen MR) is 106 cm³/mol. The van der Waals surface area contributed by atoms with Gasteiger partial charge < -0.3 is 24.8 Å². The Morgan fingerprint density at radius 3 is 2.76 bits per heavy atom. The van der Waals surface area contributed by atoms with Crippen LogP contribution in [-0.2, 0) is 22.6 Å². The van der Waals surface area contributed by atoms with Crippen LogP contribution < -0.4 is 15.8 Å². The van der Waals surface area contributed by atoms with Crippen molar-refractivity contribution in [1.82, 2.24) is 14.9 Å². The molecule has 2 N–H and O–H groups in total. The maximum atomic E-state index is 12.7. The van der Waals surface area contributed by atoms with E-state index in [4.69, 9.17) is 9.47 Å². The van der Waals surface area contributed by atoms with Crippen molar-refractivity contribution in [2.75, 3.05) is 37.8 Å². The summed E-state index contributed by atoms with van der Waals surface area (Å²) in [6.07, 6.45) is 0. The van der Waals surface area contributed by atoms with E-state index in [0.29, 0.717) is 13.2 Å². The van der Waals surface area contributed by atoms with Crippen molar-refractivity contribution in [1.29, 1.82) is 0 Å². The van der Waals surface area contributed by atoms with Gasteiger partial charge in [0.05, 0.1) is 19.8 Å². The molecule has 0 saturated carbocycles. The lowest BCUT2D eigenvalue weighted by Crippen LogP contribution is -2.37. The third kappa shape index (κ3) is 3.68. The summed E-state index contributed by atoms with van der Waals surface area (Å²) in [5, 5.41) is 13.0. The van der Waals surface area contributed by atoms with Crippen LogP contribution in [0.15, 0.2) is 35.6 Å². The number of nitrogens with one attached hydrogen (secondary N) is 1. The molecule has 1 aromatic heterocycles. The van der Waals surface area contributed by atoms with Crippen LogP contribution in [0.25, 0.3) is 5.76 Å². The van der Waals surface area contributed by atoms with Gasteiger partial charge in [-0.2, -0.15) is 0 Å². The van der Waals surface area contributed by atoms with Gasteiger partial charge in [0.2, 0.25) is 5.75 Å². The number of aromatic hydroxyl groups is 1. The molecule has 3 heterocycles. The van der Waals surface area contributed by atoms with Crippen molar-refractivity contribution >= 4 is 17.4 Å². The Kier molecular flexibility index (Phi) is 5.22. The molecule has 152 valence electrons. The molecule has 4 rings (SSSR count). The van der Waals surface area contributed by atoms with Gasteiger partial charge in [-0.3, -0.25) is 14.2 Å². The summed E-state index contributed by atoms with van der Waals surface area (Å²) in [4.78, 5) is 31.4. The highest BCUT2D eigenvalue weighted by Gasteiger charge is 2.25. The van der Waals surface area contributed by atoms with Crippen molar-refractivity contribution < 1.29 is 19.4 Å². The number of anilines is 1. The van der Waals surface area contributed by atoms with Crippen molar-refractivity contribution in [3.05, 3.63) is 58.3 Å². The molecular weight excluding hydrogens is 376 g/mol. The Hall–Kier alpha value is -3.33. The number of hydrogen-bond donors (Lipinski definition) is 2. The molecule has 2 aliphatic rings. The monoisotopic (exact) mass is 398 g/mol. The minimum Gasteiger partial charge on any atom is -0.501 e. The van der Waals surface area contributed by atoms with Gasteiger partial charge in [0.15, 0.2) is 17.3 Å². The van der Waals surface area contributed by atoms with Crippen molar-refractivity contribution in [2.24, 2.45) is 0 Å². The molecule has 2 aromatic rings. The smallest absolute Gasteiger partial charge is 0.297 e. The minimum atomic E-state index is -0.682. The molecule has 0 unspecified atom stereocenters. The Bertz CT molecular complexity index is 1010. The van der Waals surface area contributed by atoms with Crippen molar-refractivity contribution in [2.45, 2.75) is 13.1 Å². The zero-order valence-electron chi connectivity index (χ0n) is 15.9. The summed E-state index contributed by atoms with van der Waals surface area (Å²) in [6.45, 7) is 7.30. The highest BCUT2D eigenvalue weighted by atomic mass is 16.5. The standard InChI is InChI=1S/C20H22N4O5/c1-13-18-22-16(17(25)20(27)24(18)8-11-29-13)19(26)21-12-14-4-2-3-5-15(14)23-6-9-28-10-7-23/h2-5,25H,1,6-12H2,(H,21,26). The van der Waals surface area contributed by atoms with Crippen molar-refractivity contribution in [3.63, 3.8) is 0 Å². The normalized spacial score (nSPS) is 16.1. The summed E-state index contributed by atoms with van der Waals surface area (Å²) in [6, 6.07) is 7.76. The zero-order valence-corrected chi connectivity index (χ0v) is 15.9. The number of nitrogens with zero attached hydrogens (tertiary/aromatic N) is 3. The Labute approximate surface area is 167 Å². The second-order valence-corrected chi connectivity index (χ2v) is 6.77. The number of amides is 1. The van der Waals surface area contributed by atoms with E-state index in [9.17, 15) is 14.7 Å². The maximum Gasteiger partial charge on any atom is 0.297 e. The number of para-hydroxylation sites is 1. The molecule has 29 heavy (non-hydrogen) atoms. The Balaban J connectivity index is 1.56. The molecule has 0 bridgehead atoms. The van der Waals surface area contributed by atoms with E-state index in [1.54, 1.807) is 0 Å². The quantitative estimate of drug-likeness (QED) is 0.782. The Morgan fingerprint density at radius 1 is 1.21 bits per heavy atom. The summed E-state index contributed by atoms with van der Waals surface area (Å²) in [5.74, 6) is -0.974. The third-order valence-electron chi connectivity index (χ3n) is 4.98. The first-order valence-electron chi connectivity index (χ1n) is 9.41. The van der Waals surface area contributed by atoms with Gasteiger partial charge in [0.1, 0.15) is 6.61 Å². The van der Waals surface area contributed by atoms with E-state index in [0.717, 1.165) is 24.3 Å². The van der Waals surface area contributed by atoms with E-state index in [2.05, 4.69) is 21.8 Å². The second kappa shape index (κ2) is 7.96. The average Bonchev–Trinajstić information content (AvgIpc) is 2.76. The number of carbonyl (C=O) groups excluding carboxylic acids is 1. The minimum absolute atomic E-state index is 0.151. The van der Waals surface area contributed by atoms with Gasteiger partial charge in [-0.25, -0.2) is 4.98 Å². The van der Waals surface area contributed by atoms with Gasteiger partial charge >= 0.3 is 0 Å². The summed E-state index contributed by atoms with van der Waals surface area (Å²) in [5.41, 5.74) is 0.917. The fourth-order valence-electron chi connectivity index (χ4n) is 3.48. The zero-order chi connectivity index (χ0) is 20.4. The van der Waals surface area contributed by atoms with E-state index < -0.39 is 17.2 Å². The predicted octanol–water partition coefficient (Wildman–Crippen LogP) is 0.716. The van der Waals surface area contributed by atoms with E-state index in [1.807, 2.05) is 24.3 Å². The first kappa shape index (κ1) is 19.0. The number of carbonyl (C=O) groups is 1. The molecule has 1 aromatic carbocycles. The fraction of sp³-hybridized carbons (Fsp3) is 0.350. The molecule has 9 nitrogen and oxygen atoms in total. The van der Waals surface area contributed by atoms with Gasteiger partial charge in [0, 0.05) is 25.3 Å². The molecule has 1 fully saturated rings. The van der Waals surface area contributed by atoms with Gasteiger partial charge in [-0.05, 0) is 11.6 Å². The topological polar surface area (TPSA) is 106 Å². The number of aromatic nitrogens is 2. The first-order chi connectivity index (χ1) is 14.1. The molecule has 0 spiro atoms. The van der Waals surface area contributed by atoms with Crippen LogP contribution in [-0.4, -0.2) is 53.5 Å². The number of fused-ring (bicyclic) bond motifs is 1. The van der Waals surface area contributed by atoms with Crippen LogP contribution in [0.1, 0.15) is 21.9 Å². The highest BCUT2D eigenvalue weighted by molar-refractivity contribution is 5.95. The van der Waals surface area contributed by atoms with Crippen LogP contribution in [0, 0.1) is 0 Å². The number of benzene rings is 1. The lowest BCUT2D eigenvalue weighted by Gasteiger charge is -2.30. The van der Waals surface area contributed by atoms with Gasteiger partial charge in [0.25, 0.3) is 11.5 Å². The molecule has 0 atom stereocenters. The molecular formula is C20H22N4O5. The lowest BCUT2D eigenvalue weighted by atomic mass is 10.1. The fourth-order valence-corrected chi connectivity index (χ4v) is 3.48. The average molecular weight is 398 g/mol. The number of hydrogen-bond acceptors (Lipinski definition) is 7. The third-order valence-corrected chi connectivity index (χ3v) is 4.98. The molecule has 0 aliphatic carbocycles. The molecule has 1 saturated heterocycles. The van der Waals surface area contributed by atoms with Crippen molar-refractivity contribution in [3.8, 4) is 5.75 Å². The summed E-state index contributed by atoms with van der Waals surface area (Å²) >= 11 is 0. The van der Waals surface area contributed by atoms with Crippen LogP contribution in [0.2, 0.25) is 0 Å². The molecule has 1 amide bonds. The van der Waals surface area contributed by atoms with E-state index in [-0.39, 0.29) is 37.0 Å². The number of rotatable bonds is 4. The largest absolute Gasteiger partial charge is 0.501 e.